The van der Waals surface area contributed by atoms with Crippen LogP contribution < -0.4 is 4.74 Å². The Morgan fingerprint density at radius 3 is 2.86 bits per heavy atom. The summed E-state index contributed by atoms with van der Waals surface area (Å²) in [5.74, 6) is 2.19. The first-order valence-electron chi connectivity index (χ1n) is 6.58. The molecule has 8 heteroatoms. The van der Waals surface area contributed by atoms with Crippen molar-refractivity contribution in [2.75, 3.05) is 0 Å². The molecule has 0 radical (unpaired) electrons. The van der Waals surface area contributed by atoms with Crippen molar-refractivity contribution >= 4 is 23.4 Å². The normalized spacial score (nSPS) is 10.8. The summed E-state index contributed by atoms with van der Waals surface area (Å²) in [7, 11) is 1.96. The Labute approximate surface area is 136 Å². The zero-order chi connectivity index (χ0) is 15.4. The van der Waals surface area contributed by atoms with Gasteiger partial charge in [-0.15, -0.1) is 5.10 Å². The molecule has 0 aliphatic rings. The molecular weight excluding hydrogens is 322 g/mol. The second-order valence-corrected chi connectivity index (χ2v) is 5.97. The molecule has 1 N–H and O–H groups in total. The maximum absolute atomic E-state index is 5.83. The summed E-state index contributed by atoms with van der Waals surface area (Å²) in [6.45, 7) is 0.334. The second-order valence-electron chi connectivity index (χ2n) is 4.59. The van der Waals surface area contributed by atoms with E-state index in [-0.39, 0.29) is 0 Å². The van der Waals surface area contributed by atoms with Gasteiger partial charge in [0.1, 0.15) is 12.4 Å². The van der Waals surface area contributed by atoms with E-state index in [0.29, 0.717) is 22.6 Å². The Morgan fingerprint density at radius 1 is 1.32 bits per heavy atom. The lowest BCUT2D eigenvalue weighted by molar-refractivity contribution is 0.296. The van der Waals surface area contributed by atoms with Gasteiger partial charge in [0.15, 0.2) is 5.82 Å². The molecular formula is C14H14ClN5OS. The molecule has 0 bridgehead atoms. The summed E-state index contributed by atoms with van der Waals surface area (Å²) < 4.78 is 7.59. The van der Waals surface area contributed by atoms with Crippen LogP contribution in [0.15, 0.2) is 41.9 Å². The Morgan fingerprint density at radius 2 is 2.14 bits per heavy atom. The van der Waals surface area contributed by atoms with E-state index in [1.165, 1.54) is 0 Å². The van der Waals surface area contributed by atoms with E-state index in [9.17, 15) is 0 Å². The molecule has 0 atom stereocenters. The second kappa shape index (κ2) is 6.85. The van der Waals surface area contributed by atoms with Gasteiger partial charge in [0.25, 0.3) is 0 Å². The van der Waals surface area contributed by atoms with Crippen LogP contribution in [0.4, 0.5) is 0 Å². The van der Waals surface area contributed by atoms with Crippen LogP contribution in [-0.2, 0) is 19.4 Å². The van der Waals surface area contributed by atoms with Crippen molar-refractivity contribution in [3.8, 4) is 5.75 Å². The van der Waals surface area contributed by atoms with Crippen LogP contribution in [0.1, 0.15) is 11.5 Å². The van der Waals surface area contributed by atoms with E-state index in [0.717, 1.165) is 17.2 Å². The number of hydrogen-bond acceptors (Lipinski definition) is 5. The van der Waals surface area contributed by atoms with E-state index >= 15 is 0 Å². The van der Waals surface area contributed by atoms with Crippen LogP contribution in [0.25, 0.3) is 0 Å². The van der Waals surface area contributed by atoms with Gasteiger partial charge >= 0.3 is 0 Å². The number of halogens is 1. The molecule has 2 aromatic heterocycles. The largest absolute Gasteiger partial charge is 0.486 e. The molecule has 0 aliphatic carbocycles. The first kappa shape index (κ1) is 14.9. The van der Waals surface area contributed by atoms with Gasteiger partial charge in [0.05, 0.1) is 6.33 Å². The highest BCUT2D eigenvalue weighted by atomic mass is 35.5. The average Bonchev–Trinajstić information content (AvgIpc) is 3.13. The monoisotopic (exact) mass is 335 g/mol. The van der Waals surface area contributed by atoms with Gasteiger partial charge in [-0.05, 0) is 24.3 Å². The average molecular weight is 336 g/mol. The predicted octanol–water partition coefficient (Wildman–Crippen LogP) is 3.06. The number of hydrogen-bond donors (Lipinski definition) is 1. The number of aromatic amines is 1. The minimum atomic E-state index is 0.334. The summed E-state index contributed by atoms with van der Waals surface area (Å²) in [6, 6.07) is 7.20. The van der Waals surface area contributed by atoms with Crippen LogP contribution in [0.3, 0.4) is 0 Å². The van der Waals surface area contributed by atoms with Crippen molar-refractivity contribution in [1.29, 1.82) is 0 Å². The molecule has 22 heavy (non-hydrogen) atoms. The lowest BCUT2D eigenvalue weighted by Crippen LogP contribution is -1.97. The number of thioether (sulfide) groups is 1. The number of imidazole rings is 1. The molecule has 0 saturated carbocycles. The summed E-state index contributed by atoms with van der Waals surface area (Å²) in [5, 5.41) is 8.42. The van der Waals surface area contributed by atoms with Gasteiger partial charge in [-0.25, -0.2) is 9.97 Å². The maximum atomic E-state index is 5.83. The quantitative estimate of drug-likeness (QED) is 0.701. The van der Waals surface area contributed by atoms with Crippen LogP contribution >= 0.6 is 23.4 Å². The van der Waals surface area contributed by atoms with E-state index in [1.807, 2.05) is 29.9 Å². The fraction of sp³-hybridized carbons (Fsp3) is 0.214. The molecule has 114 valence electrons. The van der Waals surface area contributed by atoms with E-state index in [4.69, 9.17) is 16.3 Å². The molecule has 0 aliphatic heterocycles. The number of aromatic nitrogens is 5. The Balaban J connectivity index is 1.52. The first-order chi connectivity index (χ1) is 10.7. The maximum Gasteiger partial charge on any atom is 0.208 e. The zero-order valence-corrected chi connectivity index (χ0v) is 13.4. The molecule has 0 amide bonds. The molecule has 0 unspecified atom stereocenters. The minimum Gasteiger partial charge on any atom is -0.486 e. The fourth-order valence-corrected chi connectivity index (χ4v) is 2.72. The molecule has 0 saturated heterocycles. The van der Waals surface area contributed by atoms with Gasteiger partial charge in [-0.1, -0.05) is 23.4 Å². The molecule has 0 spiro atoms. The van der Waals surface area contributed by atoms with Gasteiger partial charge in [-0.2, -0.15) is 0 Å². The van der Waals surface area contributed by atoms with Gasteiger partial charge < -0.3 is 9.30 Å². The van der Waals surface area contributed by atoms with Crippen LogP contribution in [-0.4, -0.2) is 24.7 Å². The van der Waals surface area contributed by atoms with Crippen LogP contribution in [0.2, 0.25) is 5.02 Å². The van der Waals surface area contributed by atoms with Gasteiger partial charge in [-0.3, -0.25) is 5.10 Å². The van der Waals surface area contributed by atoms with E-state index < -0.39 is 0 Å². The topological polar surface area (TPSA) is 68.6 Å². The number of rotatable bonds is 6. The molecule has 0 fully saturated rings. The Bertz CT molecular complexity index is 740. The van der Waals surface area contributed by atoms with Crippen molar-refractivity contribution in [3.63, 3.8) is 0 Å². The Kier molecular flexibility index (Phi) is 4.65. The lowest BCUT2D eigenvalue weighted by Gasteiger charge is -2.03. The van der Waals surface area contributed by atoms with E-state index in [1.54, 1.807) is 30.2 Å². The third-order valence-corrected chi connectivity index (χ3v) is 4.10. The number of H-pyrrole nitrogens is 1. The molecule has 6 nitrogen and oxygen atoms in total. The van der Waals surface area contributed by atoms with Crippen LogP contribution in [0.5, 0.6) is 5.75 Å². The third-order valence-electron chi connectivity index (χ3n) is 2.97. The minimum absolute atomic E-state index is 0.334. The number of aryl methyl sites for hydroxylation is 1. The van der Waals surface area contributed by atoms with Crippen LogP contribution in [0, 0.1) is 0 Å². The number of nitrogens with one attached hydrogen (secondary N) is 1. The molecule has 3 rings (SSSR count). The standard InChI is InChI=1S/C14H14ClN5OS/c1-20-9-16-6-11(20)8-22-14-17-13(18-19-14)7-21-12-4-2-10(15)3-5-12/h2-6,9H,7-8H2,1H3,(H,17,18,19). The van der Waals surface area contributed by atoms with Gasteiger partial charge in [0, 0.05) is 29.7 Å². The summed E-state index contributed by atoms with van der Waals surface area (Å²) >= 11 is 7.38. The van der Waals surface area contributed by atoms with Crippen molar-refractivity contribution in [2.24, 2.45) is 7.05 Å². The highest BCUT2D eigenvalue weighted by molar-refractivity contribution is 7.98. The number of ether oxygens (including phenoxy) is 1. The molecule has 1 aromatic carbocycles. The van der Waals surface area contributed by atoms with Crippen molar-refractivity contribution in [3.05, 3.63) is 53.3 Å². The van der Waals surface area contributed by atoms with Crippen molar-refractivity contribution in [1.82, 2.24) is 24.7 Å². The highest BCUT2D eigenvalue weighted by Crippen LogP contribution is 2.19. The molecule has 3 aromatic rings. The molecule has 2 heterocycles. The zero-order valence-electron chi connectivity index (χ0n) is 11.9. The first-order valence-corrected chi connectivity index (χ1v) is 7.95. The predicted molar refractivity (Wildman–Crippen MR) is 84.9 cm³/mol. The van der Waals surface area contributed by atoms with E-state index in [2.05, 4.69) is 20.2 Å². The Hall–Kier alpha value is -1.99. The number of nitrogens with zero attached hydrogens (tertiary/aromatic N) is 4. The van der Waals surface area contributed by atoms with Crippen molar-refractivity contribution < 1.29 is 4.74 Å². The smallest absolute Gasteiger partial charge is 0.208 e. The third kappa shape index (κ3) is 3.80. The van der Waals surface area contributed by atoms with Gasteiger partial charge in [0.2, 0.25) is 5.16 Å². The lowest BCUT2D eigenvalue weighted by atomic mass is 10.3. The highest BCUT2D eigenvalue weighted by Gasteiger charge is 2.07. The summed E-state index contributed by atoms with van der Waals surface area (Å²) in [5.41, 5.74) is 1.12. The summed E-state index contributed by atoms with van der Waals surface area (Å²) in [4.78, 5) is 8.47. The summed E-state index contributed by atoms with van der Waals surface area (Å²) in [6.07, 6.45) is 3.61. The van der Waals surface area contributed by atoms with Crippen molar-refractivity contribution in [2.45, 2.75) is 17.5 Å². The fourth-order valence-electron chi connectivity index (χ4n) is 1.75. The SMILES string of the molecule is Cn1cncc1CSc1n[nH]c(COc2ccc(Cl)cc2)n1. The number of benzene rings is 1.